The molecule has 0 aromatic heterocycles. The minimum atomic E-state index is 0.0902. The third kappa shape index (κ3) is 4.05. The van der Waals surface area contributed by atoms with Crippen LogP contribution >= 0.6 is 11.6 Å². The number of nitrogens with two attached hydrogens (primary N) is 1. The minimum Gasteiger partial charge on any atom is -0.327 e. The first-order valence-corrected chi connectivity index (χ1v) is 8.67. The second-order valence-electron chi connectivity index (χ2n) is 6.26. The summed E-state index contributed by atoms with van der Waals surface area (Å²) in [4.78, 5) is 0. The molecule has 0 saturated heterocycles. The molecule has 3 aromatic rings. The highest BCUT2D eigenvalue weighted by Gasteiger charge is 2.14. The van der Waals surface area contributed by atoms with E-state index in [2.05, 4.69) is 73.7 Å². The average molecular weight is 336 g/mol. The van der Waals surface area contributed by atoms with Crippen LogP contribution in [0.4, 0.5) is 0 Å². The lowest BCUT2D eigenvalue weighted by molar-refractivity contribution is 0.575. The summed E-state index contributed by atoms with van der Waals surface area (Å²) in [5.41, 5.74) is 8.64. The zero-order chi connectivity index (χ0) is 16.9. The SMILES string of the molecule is C[C@@H](N)[C@H](C/C=C/c1ccc2ccccc2c1)c1ccc(Cl)cc1. The molecule has 24 heavy (non-hydrogen) atoms. The fourth-order valence-corrected chi connectivity index (χ4v) is 3.15. The summed E-state index contributed by atoms with van der Waals surface area (Å²) in [6.07, 6.45) is 5.30. The van der Waals surface area contributed by atoms with E-state index in [1.165, 1.54) is 21.9 Å². The van der Waals surface area contributed by atoms with Gasteiger partial charge in [-0.3, -0.25) is 0 Å². The highest BCUT2D eigenvalue weighted by Crippen LogP contribution is 2.25. The van der Waals surface area contributed by atoms with Crippen molar-refractivity contribution in [1.29, 1.82) is 0 Å². The van der Waals surface area contributed by atoms with Crippen LogP contribution in [0.5, 0.6) is 0 Å². The van der Waals surface area contributed by atoms with E-state index < -0.39 is 0 Å². The van der Waals surface area contributed by atoms with Crippen molar-refractivity contribution >= 4 is 28.4 Å². The predicted molar refractivity (Wildman–Crippen MR) is 105 cm³/mol. The Morgan fingerprint density at radius 2 is 1.67 bits per heavy atom. The van der Waals surface area contributed by atoms with Gasteiger partial charge in [-0.15, -0.1) is 0 Å². The summed E-state index contributed by atoms with van der Waals surface area (Å²) in [6, 6.07) is 23.0. The number of hydrogen-bond acceptors (Lipinski definition) is 1. The fraction of sp³-hybridized carbons (Fsp3) is 0.182. The topological polar surface area (TPSA) is 26.0 Å². The van der Waals surface area contributed by atoms with E-state index in [1.54, 1.807) is 0 Å². The highest BCUT2D eigenvalue weighted by molar-refractivity contribution is 6.30. The van der Waals surface area contributed by atoms with Crippen LogP contribution in [0, 0.1) is 0 Å². The number of rotatable bonds is 5. The van der Waals surface area contributed by atoms with Crippen LogP contribution in [-0.4, -0.2) is 6.04 Å². The van der Waals surface area contributed by atoms with Gasteiger partial charge in [-0.05, 0) is 53.4 Å². The molecule has 1 nitrogen and oxygen atoms in total. The predicted octanol–water partition coefficient (Wildman–Crippen LogP) is 6.03. The van der Waals surface area contributed by atoms with Gasteiger partial charge in [0.05, 0.1) is 0 Å². The molecule has 0 aliphatic carbocycles. The molecular weight excluding hydrogens is 314 g/mol. The normalized spacial score (nSPS) is 14.1. The quantitative estimate of drug-likeness (QED) is 0.605. The molecule has 0 heterocycles. The van der Waals surface area contributed by atoms with E-state index in [1.807, 2.05) is 12.1 Å². The molecule has 122 valence electrons. The summed E-state index contributed by atoms with van der Waals surface area (Å²) in [6.45, 7) is 2.06. The van der Waals surface area contributed by atoms with Crippen molar-refractivity contribution in [2.24, 2.45) is 5.73 Å². The van der Waals surface area contributed by atoms with Crippen LogP contribution in [0.15, 0.2) is 72.8 Å². The molecule has 0 spiro atoms. The molecule has 0 amide bonds. The maximum Gasteiger partial charge on any atom is 0.0406 e. The number of halogens is 1. The largest absolute Gasteiger partial charge is 0.327 e. The lowest BCUT2D eigenvalue weighted by Crippen LogP contribution is -2.24. The Labute approximate surface area is 148 Å². The first kappa shape index (κ1) is 16.8. The average Bonchev–Trinajstić information content (AvgIpc) is 2.59. The number of hydrogen-bond donors (Lipinski definition) is 1. The summed E-state index contributed by atoms with van der Waals surface area (Å²) in [7, 11) is 0. The molecule has 0 radical (unpaired) electrons. The van der Waals surface area contributed by atoms with Crippen LogP contribution < -0.4 is 5.73 Å². The molecule has 0 fully saturated rings. The molecule has 2 atom stereocenters. The highest BCUT2D eigenvalue weighted by atomic mass is 35.5. The van der Waals surface area contributed by atoms with Gasteiger partial charge < -0.3 is 5.73 Å². The number of fused-ring (bicyclic) bond motifs is 1. The van der Waals surface area contributed by atoms with Gasteiger partial charge >= 0.3 is 0 Å². The van der Waals surface area contributed by atoms with Gasteiger partial charge in [-0.1, -0.05) is 72.3 Å². The van der Waals surface area contributed by atoms with Crippen molar-refractivity contribution < 1.29 is 0 Å². The molecule has 2 N–H and O–H groups in total. The smallest absolute Gasteiger partial charge is 0.0406 e. The molecule has 0 unspecified atom stereocenters. The number of allylic oxidation sites excluding steroid dienone is 1. The standard InChI is InChI=1S/C22H22ClN/c1-16(24)22(19-11-13-21(23)14-12-19)8-4-5-17-9-10-18-6-2-3-7-20(18)15-17/h2-7,9-16,22H,8,24H2,1H3/b5-4+/t16-,22+/m1/s1. The molecule has 3 rings (SSSR count). The Balaban J connectivity index is 1.75. The van der Waals surface area contributed by atoms with E-state index in [9.17, 15) is 0 Å². The van der Waals surface area contributed by atoms with Gasteiger partial charge in [0.25, 0.3) is 0 Å². The van der Waals surface area contributed by atoms with E-state index in [-0.39, 0.29) is 6.04 Å². The van der Waals surface area contributed by atoms with Gasteiger partial charge in [0.1, 0.15) is 0 Å². The van der Waals surface area contributed by atoms with Crippen molar-refractivity contribution in [2.75, 3.05) is 0 Å². The van der Waals surface area contributed by atoms with Crippen molar-refractivity contribution in [3.63, 3.8) is 0 Å². The number of benzene rings is 3. The molecule has 0 saturated carbocycles. The van der Waals surface area contributed by atoms with Crippen molar-refractivity contribution in [1.82, 2.24) is 0 Å². The van der Waals surface area contributed by atoms with Crippen LogP contribution in [0.2, 0.25) is 5.02 Å². The monoisotopic (exact) mass is 335 g/mol. The molecule has 0 aliphatic rings. The van der Waals surface area contributed by atoms with Crippen LogP contribution in [-0.2, 0) is 0 Å². The Morgan fingerprint density at radius 3 is 2.38 bits per heavy atom. The maximum absolute atomic E-state index is 6.19. The van der Waals surface area contributed by atoms with Gasteiger partial charge in [0, 0.05) is 17.0 Å². The van der Waals surface area contributed by atoms with E-state index in [0.717, 1.165) is 11.4 Å². The molecule has 0 aliphatic heterocycles. The maximum atomic E-state index is 6.19. The van der Waals surface area contributed by atoms with E-state index >= 15 is 0 Å². The van der Waals surface area contributed by atoms with E-state index in [0.29, 0.717) is 5.92 Å². The van der Waals surface area contributed by atoms with Crippen LogP contribution in [0.3, 0.4) is 0 Å². The Hall–Kier alpha value is -2.09. The zero-order valence-corrected chi connectivity index (χ0v) is 14.6. The summed E-state index contributed by atoms with van der Waals surface area (Å²) in [5, 5.41) is 3.29. The zero-order valence-electron chi connectivity index (χ0n) is 13.8. The van der Waals surface area contributed by atoms with Gasteiger partial charge in [0.15, 0.2) is 0 Å². The first-order valence-electron chi connectivity index (χ1n) is 8.30. The first-order chi connectivity index (χ1) is 11.6. The van der Waals surface area contributed by atoms with Gasteiger partial charge in [-0.2, -0.15) is 0 Å². The second-order valence-corrected chi connectivity index (χ2v) is 6.70. The minimum absolute atomic E-state index is 0.0902. The summed E-state index contributed by atoms with van der Waals surface area (Å²) < 4.78 is 0. The van der Waals surface area contributed by atoms with Crippen molar-refractivity contribution in [3.05, 3.63) is 89.0 Å². The van der Waals surface area contributed by atoms with Crippen LogP contribution in [0.25, 0.3) is 16.8 Å². The third-order valence-corrected chi connectivity index (χ3v) is 4.66. The van der Waals surface area contributed by atoms with Gasteiger partial charge in [-0.25, -0.2) is 0 Å². The van der Waals surface area contributed by atoms with Crippen molar-refractivity contribution in [2.45, 2.75) is 25.3 Å². The molecule has 0 bridgehead atoms. The molecule has 3 aromatic carbocycles. The Morgan fingerprint density at radius 1 is 0.958 bits per heavy atom. The molecular formula is C22H22ClN. The lowest BCUT2D eigenvalue weighted by Gasteiger charge is -2.19. The Kier molecular flexibility index (Phi) is 5.34. The van der Waals surface area contributed by atoms with E-state index in [4.69, 9.17) is 17.3 Å². The van der Waals surface area contributed by atoms with Crippen LogP contribution in [0.1, 0.15) is 30.4 Å². The fourth-order valence-electron chi connectivity index (χ4n) is 3.03. The second kappa shape index (κ2) is 7.65. The molecule has 2 heteroatoms. The summed E-state index contributed by atoms with van der Waals surface area (Å²) >= 11 is 5.98. The van der Waals surface area contributed by atoms with Crippen molar-refractivity contribution in [3.8, 4) is 0 Å². The Bertz CT molecular complexity index is 834. The third-order valence-electron chi connectivity index (χ3n) is 4.41. The lowest BCUT2D eigenvalue weighted by atomic mass is 9.89. The van der Waals surface area contributed by atoms with Gasteiger partial charge in [0.2, 0.25) is 0 Å². The summed E-state index contributed by atoms with van der Waals surface area (Å²) in [5.74, 6) is 0.291.